The van der Waals surface area contributed by atoms with Crippen LogP contribution in [0.4, 0.5) is 5.69 Å². The van der Waals surface area contributed by atoms with Crippen LogP contribution in [0.1, 0.15) is 38.7 Å². The van der Waals surface area contributed by atoms with Gasteiger partial charge in [0, 0.05) is 24.2 Å². The van der Waals surface area contributed by atoms with E-state index in [1.165, 1.54) is 12.5 Å². The molecule has 0 saturated heterocycles. The summed E-state index contributed by atoms with van der Waals surface area (Å²) < 4.78 is 6.15. The van der Waals surface area contributed by atoms with Gasteiger partial charge in [-0.2, -0.15) is 0 Å². The monoisotopic (exact) mass is 292 g/mol. The van der Waals surface area contributed by atoms with E-state index in [1.54, 1.807) is 12.1 Å². The van der Waals surface area contributed by atoms with E-state index < -0.39 is 0 Å². The van der Waals surface area contributed by atoms with Gasteiger partial charge in [0.15, 0.2) is 0 Å². The zero-order valence-electron chi connectivity index (χ0n) is 13.0. The molecule has 1 N–H and O–H groups in total. The van der Waals surface area contributed by atoms with Crippen LogP contribution >= 0.6 is 0 Å². The first-order chi connectivity index (χ1) is 9.99. The number of hydrogen-bond donors (Lipinski definition) is 1. The van der Waals surface area contributed by atoms with E-state index in [4.69, 9.17) is 4.74 Å². The fourth-order valence-electron chi connectivity index (χ4n) is 3.27. The van der Waals surface area contributed by atoms with Crippen molar-refractivity contribution in [3.8, 4) is 5.75 Å². The molecule has 2 rings (SSSR count). The zero-order chi connectivity index (χ0) is 15.4. The molecule has 0 heterocycles. The average molecular weight is 292 g/mol. The Morgan fingerprint density at radius 2 is 1.95 bits per heavy atom. The summed E-state index contributed by atoms with van der Waals surface area (Å²) in [6.45, 7) is 5.08. The van der Waals surface area contributed by atoms with E-state index in [0.717, 1.165) is 24.2 Å². The molecule has 1 aromatic rings. The van der Waals surface area contributed by atoms with Gasteiger partial charge in [0.2, 0.25) is 0 Å². The lowest BCUT2D eigenvalue weighted by Crippen LogP contribution is -2.29. The fraction of sp³-hybridized carbons (Fsp3) is 0.625. The van der Waals surface area contributed by atoms with E-state index in [2.05, 4.69) is 19.2 Å². The van der Waals surface area contributed by atoms with Gasteiger partial charge < -0.3 is 10.1 Å². The summed E-state index contributed by atoms with van der Waals surface area (Å²) in [5.74, 6) is 2.11. The summed E-state index contributed by atoms with van der Waals surface area (Å²) in [7, 11) is 1.83. The topological polar surface area (TPSA) is 64.4 Å². The molecule has 1 aliphatic carbocycles. The van der Waals surface area contributed by atoms with Crippen molar-refractivity contribution in [2.24, 2.45) is 11.8 Å². The van der Waals surface area contributed by atoms with Crippen LogP contribution in [-0.4, -0.2) is 18.1 Å². The van der Waals surface area contributed by atoms with Crippen molar-refractivity contribution < 1.29 is 9.66 Å². The molecule has 5 heteroatoms. The molecule has 0 aliphatic heterocycles. The predicted molar refractivity (Wildman–Crippen MR) is 82.5 cm³/mol. The maximum atomic E-state index is 10.9. The molecule has 1 saturated carbocycles. The first-order valence-electron chi connectivity index (χ1n) is 7.58. The maximum absolute atomic E-state index is 10.9. The molecule has 21 heavy (non-hydrogen) atoms. The van der Waals surface area contributed by atoms with E-state index in [9.17, 15) is 10.1 Å². The summed E-state index contributed by atoms with van der Waals surface area (Å²) in [6, 6.07) is 4.85. The number of benzene rings is 1. The Labute approximate surface area is 125 Å². The van der Waals surface area contributed by atoms with Crippen molar-refractivity contribution in [2.75, 3.05) is 7.05 Å². The average Bonchev–Trinajstić information content (AvgIpc) is 2.39. The molecule has 2 atom stereocenters. The zero-order valence-corrected chi connectivity index (χ0v) is 13.0. The number of ether oxygens (including phenoxy) is 1. The van der Waals surface area contributed by atoms with Crippen LogP contribution in [0.5, 0.6) is 5.75 Å². The van der Waals surface area contributed by atoms with Gasteiger partial charge in [-0.05, 0) is 44.2 Å². The lowest BCUT2D eigenvalue weighted by atomic mass is 9.82. The molecule has 0 spiro atoms. The van der Waals surface area contributed by atoms with Crippen molar-refractivity contribution in [3.63, 3.8) is 0 Å². The minimum atomic E-state index is -0.367. The number of nitrogens with one attached hydrogen (secondary N) is 1. The number of non-ortho nitro benzene ring substituents is 1. The van der Waals surface area contributed by atoms with Crippen molar-refractivity contribution in [3.05, 3.63) is 33.9 Å². The van der Waals surface area contributed by atoms with Crippen LogP contribution < -0.4 is 10.1 Å². The summed E-state index contributed by atoms with van der Waals surface area (Å²) >= 11 is 0. The summed E-state index contributed by atoms with van der Waals surface area (Å²) in [6.07, 6.45) is 3.57. The van der Waals surface area contributed by atoms with Gasteiger partial charge in [-0.3, -0.25) is 10.1 Å². The first kappa shape index (κ1) is 15.8. The Morgan fingerprint density at radius 1 is 1.29 bits per heavy atom. The SMILES string of the molecule is CNCc1cc([N+](=O)[O-])ccc1OC1CC(C)CC(C)C1. The molecule has 5 nitrogen and oxygen atoms in total. The number of nitro groups is 1. The molecular formula is C16H24N2O3. The Hall–Kier alpha value is -1.62. The predicted octanol–water partition coefficient (Wildman–Crippen LogP) is 3.52. The molecule has 0 amide bonds. The van der Waals surface area contributed by atoms with E-state index in [-0.39, 0.29) is 16.7 Å². The molecule has 0 radical (unpaired) electrons. The molecule has 1 aliphatic rings. The van der Waals surface area contributed by atoms with Gasteiger partial charge in [-0.1, -0.05) is 13.8 Å². The van der Waals surface area contributed by atoms with E-state index in [1.807, 2.05) is 7.05 Å². The Bertz CT molecular complexity index is 494. The van der Waals surface area contributed by atoms with Gasteiger partial charge in [0.1, 0.15) is 5.75 Å². The molecule has 116 valence electrons. The third kappa shape index (κ3) is 4.17. The van der Waals surface area contributed by atoms with Gasteiger partial charge in [0.05, 0.1) is 11.0 Å². The minimum absolute atomic E-state index is 0.109. The van der Waals surface area contributed by atoms with Crippen molar-refractivity contribution >= 4 is 5.69 Å². The number of rotatable bonds is 5. The highest BCUT2D eigenvalue weighted by molar-refractivity contribution is 5.44. The van der Waals surface area contributed by atoms with Crippen molar-refractivity contribution in [1.82, 2.24) is 5.32 Å². The normalized spacial score (nSPS) is 25.6. The van der Waals surface area contributed by atoms with Gasteiger partial charge in [-0.25, -0.2) is 0 Å². The van der Waals surface area contributed by atoms with Gasteiger partial charge in [-0.15, -0.1) is 0 Å². The second kappa shape index (κ2) is 6.89. The highest BCUT2D eigenvalue weighted by atomic mass is 16.6. The standard InChI is InChI=1S/C16H24N2O3/c1-11-6-12(2)8-15(7-11)21-16-5-4-14(18(19)20)9-13(16)10-17-3/h4-5,9,11-12,15,17H,6-8,10H2,1-3H3. The summed E-state index contributed by atoms with van der Waals surface area (Å²) in [4.78, 5) is 10.5. The maximum Gasteiger partial charge on any atom is 0.270 e. The number of nitrogens with zero attached hydrogens (tertiary/aromatic N) is 1. The second-order valence-corrected chi connectivity index (χ2v) is 6.24. The highest BCUT2D eigenvalue weighted by Gasteiger charge is 2.26. The minimum Gasteiger partial charge on any atom is -0.490 e. The van der Waals surface area contributed by atoms with Crippen molar-refractivity contribution in [2.45, 2.75) is 45.8 Å². The largest absolute Gasteiger partial charge is 0.490 e. The third-order valence-corrected chi connectivity index (χ3v) is 4.05. The molecule has 1 aromatic carbocycles. The molecule has 2 unspecified atom stereocenters. The van der Waals surface area contributed by atoms with Crippen LogP contribution in [0.25, 0.3) is 0 Å². The van der Waals surface area contributed by atoms with Crippen LogP contribution in [-0.2, 0) is 6.54 Å². The summed E-state index contributed by atoms with van der Waals surface area (Å²) in [5.41, 5.74) is 0.954. The quantitative estimate of drug-likeness (QED) is 0.666. The van der Waals surface area contributed by atoms with Crippen molar-refractivity contribution in [1.29, 1.82) is 0 Å². The van der Waals surface area contributed by atoms with Gasteiger partial charge in [0.25, 0.3) is 5.69 Å². The Morgan fingerprint density at radius 3 is 2.52 bits per heavy atom. The van der Waals surface area contributed by atoms with E-state index in [0.29, 0.717) is 18.4 Å². The second-order valence-electron chi connectivity index (χ2n) is 6.24. The molecule has 0 bridgehead atoms. The number of nitro benzene ring substituents is 1. The summed E-state index contributed by atoms with van der Waals surface area (Å²) in [5, 5.41) is 13.9. The van der Waals surface area contributed by atoms with Gasteiger partial charge >= 0.3 is 0 Å². The molecule has 1 fully saturated rings. The van der Waals surface area contributed by atoms with Crippen LogP contribution in [0, 0.1) is 22.0 Å². The first-order valence-corrected chi connectivity index (χ1v) is 7.58. The smallest absolute Gasteiger partial charge is 0.270 e. The lowest BCUT2D eigenvalue weighted by molar-refractivity contribution is -0.384. The fourth-order valence-corrected chi connectivity index (χ4v) is 3.27. The van der Waals surface area contributed by atoms with Crippen LogP contribution in [0.15, 0.2) is 18.2 Å². The highest BCUT2D eigenvalue weighted by Crippen LogP contribution is 2.33. The van der Waals surface area contributed by atoms with Crippen LogP contribution in [0.3, 0.4) is 0 Å². The third-order valence-electron chi connectivity index (χ3n) is 4.05. The van der Waals surface area contributed by atoms with Crippen LogP contribution in [0.2, 0.25) is 0 Å². The molecule has 0 aromatic heterocycles. The lowest BCUT2D eigenvalue weighted by Gasteiger charge is -2.32. The Kier molecular flexibility index (Phi) is 5.17. The van der Waals surface area contributed by atoms with E-state index >= 15 is 0 Å². The Balaban J connectivity index is 2.16. The number of hydrogen-bond acceptors (Lipinski definition) is 4. The molecular weight excluding hydrogens is 268 g/mol.